The molecule has 0 aliphatic carbocycles. The summed E-state index contributed by atoms with van der Waals surface area (Å²) in [7, 11) is 3.14. The van der Waals surface area contributed by atoms with Crippen LogP contribution in [0.2, 0.25) is 0 Å². The summed E-state index contributed by atoms with van der Waals surface area (Å²) in [4.78, 5) is 38.9. The van der Waals surface area contributed by atoms with Crippen LogP contribution in [0.15, 0.2) is 24.3 Å². The number of anilines is 1. The fourth-order valence-electron chi connectivity index (χ4n) is 2.56. The van der Waals surface area contributed by atoms with Crippen LogP contribution in [0, 0.1) is 0 Å². The zero-order valence-corrected chi connectivity index (χ0v) is 14.1. The maximum absolute atomic E-state index is 12.3. The second-order valence-electron chi connectivity index (χ2n) is 5.70. The number of nitrogens with zero attached hydrogens (tertiary/aromatic N) is 2. The topological polar surface area (TPSA) is 79.0 Å². The first-order valence-corrected chi connectivity index (χ1v) is 7.94. The number of hydrogen-bond donors (Lipinski definition) is 1. The molecule has 0 saturated carbocycles. The van der Waals surface area contributed by atoms with E-state index in [2.05, 4.69) is 5.32 Å². The van der Waals surface area contributed by atoms with E-state index in [4.69, 9.17) is 4.74 Å². The highest BCUT2D eigenvalue weighted by atomic mass is 16.5. The summed E-state index contributed by atoms with van der Waals surface area (Å²) in [5.74, 6) is -0.364. The lowest BCUT2D eigenvalue weighted by Crippen LogP contribution is -2.39. The van der Waals surface area contributed by atoms with Crippen molar-refractivity contribution in [2.24, 2.45) is 0 Å². The van der Waals surface area contributed by atoms with Crippen molar-refractivity contribution in [2.75, 3.05) is 45.3 Å². The Morgan fingerprint density at radius 1 is 1.29 bits per heavy atom. The first-order valence-electron chi connectivity index (χ1n) is 7.94. The molecule has 0 spiro atoms. The minimum absolute atomic E-state index is 0.0189. The highest BCUT2D eigenvalue weighted by Gasteiger charge is 2.22. The Morgan fingerprint density at radius 3 is 2.58 bits per heavy atom. The summed E-state index contributed by atoms with van der Waals surface area (Å²) < 4.78 is 4.85. The quantitative estimate of drug-likeness (QED) is 0.743. The van der Waals surface area contributed by atoms with Gasteiger partial charge >= 0.3 is 0 Å². The third kappa shape index (κ3) is 4.55. The average Bonchev–Trinajstić information content (AvgIpc) is 3.00. The van der Waals surface area contributed by atoms with Crippen molar-refractivity contribution in [1.82, 2.24) is 10.2 Å². The maximum Gasteiger partial charge on any atom is 0.254 e. The number of likely N-dealkylation sites (N-methyl/N-ethyl adjacent to an activating group) is 1. The molecule has 1 N–H and O–H groups in total. The van der Waals surface area contributed by atoms with Crippen molar-refractivity contribution in [3.05, 3.63) is 29.8 Å². The Morgan fingerprint density at radius 2 is 2.00 bits per heavy atom. The number of carbonyl (C=O) groups is 3. The number of rotatable bonds is 7. The number of carbonyl (C=O) groups excluding carboxylic acids is 3. The summed E-state index contributed by atoms with van der Waals surface area (Å²) in [6, 6.07) is 6.90. The van der Waals surface area contributed by atoms with Crippen LogP contribution in [0.1, 0.15) is 23.2 Å². The van der Waals surface area contributed by atoms with Crippen LogP contribution < -0.4 is 10.2 Å². The van der Waals surface area contributed by atoms with E-state index < -0.39 is 0 Å². The van der Waals surface area contributed by atoms with Crippen LogP contribution in [0.25, 0.3) is 0 Å². The van der Waals surface area contributed by atoms with Gasteiger partial charge in [0.2, 0.25) is 11.8 Å². The fraction of sp³-hybridized carbons (Fsp3) is 0.471. The van der Waals surface area contributed by atoms with Crippen LogP contribution in [0.5, 0.6) is 0 Å². The van der Waals surface area contributed by atoms with Gasteiger partial charge in [-0.25, -0.2) is 0 Å². The molecule has 7 nitrogen and oxygen atoms in total. The second kappa shape index (κ2) is 8.44. The van der Waals surface area contributed by atoms with E-state index in [1.54, 1.807) is 43.3 Å². The molecule has 1 aliphatic heterocycles. The molecule has 1 aromatic carbocycles. The molecule has 0 bridgehead atoms. The maximum atomic E-state index is 12.3. The standard InChI is InChI=1S/C17H23N3O4/c1-19(12-15(21)18-9-11-24-2)17(23)13-5-7-14(8-6-13)20-10-3-4-16(20)22/h5-8H,3-4,9-12H2,1-2H3,(H,18,21). The molecule has 1 fully saturated rings. The monoisotopic (exact) mass is 333 g/mol. The molecule has 0 unspecified atom stereocenters. The predicted octanol–water partition coefficient (Wildman–Crippen LogP) is 0.648. The van der Waals surface area contributed by atoms with Gasteiger partial charge in [-0.05, 0) is 30.7 Å². The van der Waals surface area contributed by atoms with Gasteiger partial charge in [0.25, 0.3) is 5.91 Å². The summed E-state index contributed by atoms with van der Waals surface area (Å²) in [5, 5.41) is 2.67. The summed E-state index contributed by atoms with van der Waals surface area (Å²) in [5.41, 5.74) is 1.28. The van der Waals surface area contributed by atoms with Crippen molar-refractivity contribution in [3.63, 3.8) is 0 Å². The fourth-order valence-corrected chi connectivity index (χ4v) is 2.56. The zero-order chi connectivity index (χ0) is 17.5. The van der Waals surface area contributed by atoms with E-state index in [0.717, 1.165) is 12.1 Å². The molecule has 0 radical (unpaired) electrons. The van der Waals surface area contributed by atoms with E-state index in [9.17, 15) is 14.4 Å². The minimum Gasteiger partial charge on any atom is -0.383 e. The molecular weight excluding hydrogens is 310 g/mol. The van der Waals surface area contributed by atoms with Crippen molar-refractivity contribution in [3.8, 4) is 0 Å². The van der Waals surface area contributed by atoms with E-state index in [0.29, 0.717) is 31.7 Å². The van der Waals surface area contributed by atoms with Gasteiger partial charge in [-0.1, -0.05) is 0 Å². The highest BCUT2D eigenvalue weighted by molar-refractivity contribution is 5.98. The van der Waals surface area contributed by atoms with Crippen molar-refractivity contribution >= 4 is 23.4 Å². The number of hydrogen-bond acceptors (Lipinski definition) is 4. The van der Waals surface area contributed by atoms with Gasteiger partial charge in [0.1, 0.15) is 0 Å². The molecule has 1 aromatic rings. The molecule has 1 saturated heterocycles. The third-order valence-electron chi connectivity index (χ3n) is 3.86. The molecule has 0 aromatic heterocycles. The van der Waals surface area contributed by atoms with Gasteiger partial charge in [-0.3, -0.25) is 14.4 Å². The first kappa shape index (κ1) is 17.9. The van der Waals surface area contributed by atoms with Gasteiger partial charge in [0, 0.05) is 44.9 Å². The number of nitrogens with one attached hydrogen (secondary N) is 1. The molecule has 3 amide bonds. The number of amides is 3. The highest BCUT2D eigenvalue weighted by Crippen LogP contribution is 2.21. The summed E-state index contributed by atoms with van der Waals surface area (Å²) in [6.45, 7) is 1.54. The van der Waals surface area contributed by atoms with Crippen LogP contribution in [0.3, 0.4) is 0 Å². The smallest absolute Gasteiger partial charge is 0.254 e. The molecule has 0 atom stereocenters. The Bertz CT molecular complexity index is 600. The Hall–Kier alpha value is -2.41. The van der Waals surface area contributed by atoms with Gasteiger partial charge in [-0.2, -0.15) is 0 Å². The van der Waals surface area contributed by atoms with Crippen LogP contribution >= 0.6 is 0 Å². The van der Waals surface area contributed by atoms with E-state index in [1.807, 2.05) is 0 Å². The van der Waals surface area contributed by atoms with Crippen LogP contribution in [-0.2, 0) is 14.3 Å². The van der Waals surface area contributed by atoms with E-state index in [1.165, 1.54) is 4.90 Å². The lowest BCUT2D eigenvalue weighted by atomic mass is 10.1. The molecular formula is C17H23N3O4. The van der Waals surface area contributed by atoms with Crippen molar-refractivity contribution < 1.29 is 19.1 Å². The van der Waals surface area contributed by atoms with Crippen LogP contribution in [-0.4, -0.2) is 63.0 Å². The number of methoxy groups -OCH3 is 1. The molecule has 24 heavy (non-hydrogen) atoms. The van der Waals surface area contributed by atoms with Gasteiger partial charge in [-0.15, -0.1) is 0 Å². The summed E-state index contributed by atoms with van der Waals surface area (Å²) >= 11 is 0. The molecule has 2 rings (SSSR count). The van der Waals surface area contributed by atoms with Gasteiger partial charge in [0.15, 0.2) is 0 Å². The van der Waals surface area contributed by atoms with E-state index in [-0.39, 0.29) is 24.3 Å². The Kier molecular flexibility index (Phi) is 6.31. The lowest BCUT2D eigenvalue weighted by Gasteiger charge is -2.18. The van der Waals surface area contributed by atoms with Crippen molar-refractivity contribution in [1.29, 1.82) is 0 Å². The van der Waals surface area contributed by atoms with Gasteiger partial charge < -0.3 is 19.9 Å². The molecule has 1 heterocycles. The normalized spacial score (nSPS) is 13.9. The van der Waals surface area contributed by atoms with Crippen LogP contribution in [0.4, 0.5) is 5.69 Å². The first-order chi connectivity index (χ1) is 11.5. The Labute approximate surface area is 141 Å². The lowest BCUT2D eigenvalue weighted by molar-refractivity contribution is -0.121. The predicted molar refractivity (Wildman–Crippen MR) is 89.9 cm³/mol. The number of ether oxygens (including phenoxy) is 1. The Balaban J connectivity index is 1.91. The minimum atomic E-state index is -0.240. The second-order valence-corrected chi connectivity index (χ2v) is 5.70. The van der Waals surface area contributed by atoms with E-state index >= 15 is 0 Å². The SMILES string of the molecule is COCCNC(=O)CN(C)C(=O)c1ccc(N2CCCC2=O)cc1. The number of benzene rings is 1. The molecule has 7 heteroatoms. The third-order valence-corrected chi connectivity index (χ3v) is 3.86. The average molecular weight is 333 g/mol. The molecule has 130 valence electrons. The van der Waals surface area contributed by atoms with Gasteiger partial charge in [0.05, 0.1) is 13.2 Å². The summed E-state index contributed by atoms with van der Waals surface area (Å²) in [6.07, 6.45) is 1.43. The van der Waals surface area contributed by atoms with Crippen molar-refractivity contribution in [2.45, 2.75) is 12.8 Å². The molecule has 1 aliphatic rings. The zero-order valence-electron chi connectivity index (χ0n) is 14.1. The largest absolute Gasteiger partial charge is 0.383 e.